The van der Waals surface area contributed by atoms with E-state index >= 15 is 0 Å². The molecule has 3 nitrogen and oxygen atoms in total. The molecule has 76 valence electrons. The van der Waals surface area contributed by atoms with Crippen LogP contribution in [0.15, 0.2) is 0 Å². The molecule has 0 aromatic heterocycles. The van der Waals surface area contributed by atoms with Gasteiger partial charge in [0, 0.05) is 5.41 Å². The van der Waals surface area contributed by atoms with Gasteiger partial charge in [0.1, 0.15) is 5.60 Å². The zero-order valence-corrected chi connectivity index (χ0v) is 7.47. The molecule has 5 heteroatoms. The third-order valence-corrected chi connectivity index (χ3v) is 3.06. The number of carboxylic acids is 1. The summed E-state index contributed by atoms with van der Waals surface area (Å²) < 4.78 is 26.0. The summed E-state index contributed by atoms with van der Waals surface area (Å²) >= 11 is 0. The van der Waals surface area contributed by atoms with Crippen LogP contribution >= 0.6 is 0 Å². The van der Waals surface area contributed by atoms with Gasteiger partial charge in [-0.05, 0) is 19.8 Å². The maximum absolute atomic E-state index is 13.0. The van der Waals surface area contributed by atoms with Gasteiger partial charge < -0.3 is 10.2 Å². The number of carbonyl (C=O) groups is 1. The van der Waals surface area contributed by atoms with Crippen LogP contribution in [0.4, 0.5) is 8.78 Å². The van der Waals surface area contributed by atoms with Crippen molar-refractivity contribution in [1.29, 1.82) is 0 Å². The van der Waals surface area contributed by atoms with Gasteiger partial charge in [-0.3, -0.25) is 0 Å². The Morgan fingerprint density at radius 1 is 1.46 bits per heavy atom. The summed E-state index contributed by atoms with van der Waals surface area (Å²) in [5.41, 5.74) is -3.43. The van der Waals surface area contributed by atoms with E-state index in [0.717, 1.165) is 6.92 Å². The molecule has 1 rings (SSSR count). The fraction of sp³-hybridized carbons (Fsp3) is 0.875. The molecule has 0 radical (unpaired) electrons. The summed E-state index contributed by atoms with van der Waals surface area (Å²) in [6.45, 7) is 2.35. The summed E-state index contributed by atoms with van der Waals surface area (Å²) in [5, 5.41) is 17.7. The van der Waals surface area contributed by atoms with Crippen LogP contribution in [0.3, 0.4) is 0 Å². The molecule has 0 aromatic rings. The molecule has 0 aliphatic heterocycles. The molecule has 0 amide bonds. The number of carboxylic acid groups (broad SMARTS) is 1. The Labute approximate surface area is 74.4 Å². The topological polar surface area (TPSA) is 57.5 Å². The third kappa shape index (κ3) is 1.22. The van der Waals surface area contributed by atoms with E-state index in [-0.39, 0.29) is 0 Å². The number of aliphatic carboxylic acids is 1. The van der Waals surface area contributed by atoms with Crippen molar-refractivity contribution in [1.82, 2.24) is 0 Å². The van der Waals surface area contributed by atoms with E-state index in [4.69, 9.17) is 5.11 Å². The highest BCUT2D eigenvalue weighted by molar-refractivity contribution is 5.77. The van der Waals surface area contributed by atoms with E-state index in [0.29, 0.717) is 12.8 Å². The second-order valence-corrected chi connectivity index (χ2v) is 4.01. The van der Waals surface area contributed by atoms with Gasteiger partial charge in [0.15, 0.2) is 0 Å². The summed E-state index contributed by atoms with van der Waals surface area (Å²) in [4.78, 5) is 10.2. The number of hydrogen-bond donors (Lipinski definition) is 2. The minimum Gasteiger partial charge on any atom is -0.477 e. The number of halogens is 2. The van der Waals surface area contributed by atoms with Gasteiger partial charge in [-0.2, -0.15) is 8.78 Å². The van der Waals surface area contributed by atoms with Gasteiger partial charge in [0.2, 0.25) is 0 Å². The molecular formula is C8H12F2O3. The molecule has 0 saturated heterocycles. The molecule has 0 aromatic carbocycles. The normalized spacial score (nSPS) is 25.0. The highest BCUT2D eigenvalue weighted by Gasteiger charge is 2.68. The molecular weight excluding hydrogens is 182 g/mol. The van der Waals surface area contributed by atoms with E-state index in [9.17, 15) is 18.7 Å². The first kappa shape index (κ1) is 10.4. The van der Waals surface area contributed by atoms with E-state index in [2.05, 4.69) is 0 Å². The first-order chi connectivity index (χ1) is 5.65. The Hall–Kier alpha value is -0.710. The van der Waals surface area contributed by atoms with Crippen molar-refractivity contribution < 1.29 is 23.8 Å². The van der Waals surface area contributed by atoms with Crippen molar-refractivity contribution in [2.45, 2.75) is 38.2 Å². The molecule has 2 N–H and O–H groups in total. The monoisotopic (exact) mass is 194 g/mol. The van der Waals surface area contributed by atoms with Crippen LogP contribution in [-0.2, 0) is 4.79 Å². The van der Waals surface area contributed by atoms with Gasteiger partial charge in [-0.1, -0.05) is 6.92 Å². The molecule has 1 saturated carbocycles. The molecule has 0 heterocycles. The Morgan fingerprint density at radius 2 is 1.85 bits per heavy atom. The molecule has 1 aliphatic rings. The summed E-state index contributed by atoms with van der Waals surface area (Å²) in [7, 11) is 0. The number of rotatable bonds is 3. The predicted octanol–water partition coefficient (Wildman–Crippen LogP) is 1.26. The first-order valence-corrected chi connectivity index (χ1v) is 3.99. The summed E-state index contributed by atoms with van der Waals surface area (Å²) in [6.07, 6.45) is 0.867. The van der Waals surface area contributed by atoms with E-state index in [1.165, 1.54) is 6.92 Å². The van der Waals surface area contributed by atoms with Crippen LogP contribution in [-0.4, -0.2) is 27.7 Å². The molecule has 1 atom stereocenters. The van der Waals surface area contributed by atoms with Crippen LogP contribution in [0.25, 0.3) is 0 Å². The second-order valence-electron chi connectivity index (χ2n) is 4.01. The number of alkyl halides is 2. The summed E-state index contributed by atoms with van der Waals surface area (Å²) in [6, 6.07) is 0. The fourth-order valence-electron chi connectivity index (χ4n) is 1.26. The van der Waals surface area contributed by atoms with Crippen molar-refractivity contribution >= 4 is 5.97 Å². The van der Waals surface area contributed by atoms with Crippen molar-refractivity contribution in [3.05, 3.63) is 0 Å². The van der Waals surface area contributed by atoms with Gasteiger partial charge >= 0.3 is 11.9 Å². The maximum atomic E-state index is 13.0. The Balaban J connectivity index is 2.98. The molecule has 1 aliphatic carbocycles. The lowest BCUT2D eigenvalue weighted by Crippen LogP contribution is -2.56. The van der Waals surface area contributed by atoms with Gasteiger partial charge in [-0.25, -0.2) is 4.79 Å². The van der Waals surface area contributed by atoms with Crippen molar-refractivity contribution in [2.24, 2.45) is 5.41 Å². The summed E-state index contributed by atoms with van der Waals surface area (Å²) in [5.74, 6) is -6.36. The Morgan fingerprint density at radius 3 is 2.08 bits per heavy atom. The molecule has 1 unspecified atom stereocenters. The lowest BCUT2D eigenvalue weighted by atomic mass is 9.82. The van der Waals surface area contributed by atoms with Crippen molar-refractivity contribution in [3.8, 4) is 0 Å². The van der Waals surface area contributed by atoms with Crippen LogP contribution in [0.5, 0.6) is 0 Å². The van der Waals surface area contributed by atoms with Gasteiger partial charge in [-0.15, -0.1) is 0 Å². The minimum atomic E-state index is -4.09. The van der Waals surface area contributed by atoms with E-state index in [1.807, 2.05) is 0 Å². The largest absolute Gasteiger partial charge is 0.477 e. The third-order valence-electron chi connectivity index (χ3n) is 3.06. The molecule has 13 heavy (non-hydrogen) atoms. The SMILES string of the molecule is CC1(C(C)(O)C(F)(F)C(=O)O)CC1. The fourth-order valence-corrected chi connectivity index (χ4v) is 1.26. The number of hydrogen-bond acceptors (Lipinski definition) is 2. The van der Waals surface area contributed by atoms with Gasteiger partial charge in [0.05, 0.1) is 0 Å². The average molecular weight is 194 g/mol. The smallest absolute Gasteiger partial charge is 0.377 e. The zero-order valence-electron chi connectivity index (χ0n) is 7.47. The van der Waals surface area contributed by atoms with E-state index < -0.39 is 22.9 Å². The predicted molar refractivity (Wildman–Crippen MR) is 40.5 cm³/mol. The van der Waals surface area contributed by atoms with Crippen molar-refractivity contribution in [2.75, 3.05) is 0 Å². The second kappa shape index (κ2) is 2.41. The van der Waals surface area contributed by atoms with Crippen LogP contribution < -0.4 is 0 Å². The Kier molecular flexibility index (Phi) is 1.92. The highest BCUT2D eigenvalue weighted by atomic mass is 19.3. The van der Waals surface area contributed by atoms with Crippen LogP contribution in [0.2, 0.25) is 0 Å². The molecule has 1 fully saturated rings. The molecule has 0 bridgehead atoms. The van der Waals surface area contributed by atoms with Crippen LogP contribution in [0, 0.1) is 5.41 Å². The number of aliphatic hydroxyl groups is 1. The van der Waals surface area contributed by atoms with Crippen molar-refractivity contribution in [3.63, 3.8) is 0 Å². The molecule has 0 spiro atoms. The lowest BCUT2D eigenvalue weighted by Gasteiger charge is -2.35. The van der Waals surface area contributed by atoms with Gasteiger partial charge in [0.25, 0.3) is 0 Å². The highest BCUT2D eigenvalue weighted by Crippen LogP contribution is 2.58. The zero-order chi connectivity index (χ0) is 10.5. The first-order valence-electron chi connectivity index (χ1n) is 3.99. The standard InChI is InChI=1S/C8H12F2O3/c1-6(3-4-6)7(2,13)8(9,10)5(11)12/h13H,3-4H2,1-2H3,(H,11,12). The van der Waals surface area contributed by atoms with E-state index in [1.54, 1.807) is 0 Å². The maximum Gasteiger partial charge on any atom is 0.377 e. The van der Waals surface area contributed by atoms with Crippen LogP contribution in [0.1, 0.15) is 26.7 Å². The average Bonchev–Trinajstić information content (AvgIpc) is 2.68. The lowest BCUT2D eigenvalue weighted by molar-refractivity contribution is -0.220. The quantitative estimate of drug-likeness (QED) is 0.711. The minimum absolute atomic E-state index is 0.433. The Bertz CT molecular complexity index is 244.